The first-order chi connectivity index (χ1) is 7.02. The zero-order chi connectivity index (χ0) is 11.4. The molecule has 15 heavy (non-hydrogen) atoms. The van der Waals surface area contributed by atoms with Crippen molar-refractivity contribution in [1.82, 2.24) is 5.32 Å². The lowest BCUT2D eigenvalue weighted by Crippen LogP contribution is -2.29. The Morgan fingerprint density at radius 2 is 2.07 bits per heavy atom. The molecule has 3 N–H and O–H groups in total. The third-order valence-corrected chi connectivity index (χ3v) is 1.95. The van der Waals surface area contributed by atoms with Crippen molar-refractivity contribution in [2.24, 2.45) is 0 Å². The minimum atomic E-state index is -1.11. The van der Waals surface area contributed by atoms with E-state index in [1.165, 1.54) is 18.2 Å². The molecule has 5 nitrogen and oxygen atoms in total. The number of carboxylic acids is 1. The molecule has 1 aromatic carbocycles. The molecule has 0 atom stereocenters. The number of amides is 1. The fraction of sp³-hybridized carbons (Fsp3) is 0.200. The molecule has 1 rings (SSSR count). The Morgan fingerprint density at radius 3 is 2.67 bits per heavy atom. The summed E-state index contributed by atoms with van der Waals surface area (Å²) in [6, 6.07) is 4.51. The van der Waals surface area contributed by atoms with Crippen LogP contribution >= 0.6 is 0 Å². The van der Waals surface area contributed by atoms with Gasteiger partial charge in [0.1, 0.15) is 12.3 Å². The number of carbonyl (C=O) groups excluding carboxylic acids is 1. The molecule has 80 valence electrons. The van der Waals surface area contributed by atoms with Crippen LogP contribution < -0.4 is 5.32 Å². The van der Waals surface area contributed by atoms with Gasteiger partial charge in [-0.2, -0.15) is 0 Å². The maximum absolute atomic E-state index is 11.4. The molecule has 1 amide bonds. The Hall–Kier alpha value is -2.04. The predicted molar refractivity (Wildman–Crippen MR) is 52.8 cm³/mol. The second-order valence-electron chi connectivity index (χ2n) is 3.03. The van der Waals surface area contributed by atoms with Crippen LogP contribution in [0, 0.1) is 6.92 Å². The van der Waals surface area contributed by atoms with Crippen molar-refractivity contribution in [2.45, 2.75) is 6.92 Å². The van der Waals surface area contributed by atoms with Crippen molar-refractivity contribution in [3.05, 3.63) is 29.3 Å². The molecule has 0 fully saturated rings. The average molecular weight is 209 g/mol. The third-order valence-electron chi connectivity index (χ3n) is 1.95. The molecule has 0 aliphatic heterocycles. The molecule has 0 unspecified atom stereocenters. The average Bonchev–Trinajstić information content (AvgIpc) is 2.18. The zero-order valence-corrected chi connectivity index (χ0v) is 8.15. The van der Waals surface area contributed by atoms with Gasteiger partial charge >= 0.3 is 5.97 Å². The minimum absolute atomic E-state index is 0.0120. The van der Waals surface area contributed by atoms with Crippen LogP contribution in [-0.4, -0.2) is 28.6 Å². The second-order valence-corrected chi connectivity index (χ2v) is 3.03. The number of nitrogens with one attached hydrogen (secondary N) is 1. The molecule has 0 bridgehead atoms. The van der Waals surface area contributed by atoms with E-state index in [1.807, 2.05) is 0 Å². The first-order valence-electron chi connectivity index (χ1n) is 4.31. The fourth-order valence-corrected chi connectivity index (χ4v) is 1.12. The first kappa shape index (κ1) is 11.0. The summed E-state index contributed by atoms with van der Waals surface area (Å²) in [5.74, 6) is -1.61. The Labute approximate surface area is 86.4 Å². The van der Waals surface area contributed by atoms with Gasteiger partial charge in [0.2, 0.25) is 0 Å². The lowest BCUT2D eigenvalue weighted by atomic mass is 10.1. The van der Waals surface area contributed by atoms with Gasteiger partial charge in [-0.05, 0) is 19.1 Å². The number of aromatic hydroxyl groups is 1. The number of benzene rings is 1. The molecule has 0 aliphatic rings. The molecule has 5 heteroatoms. The van der Waals surface area contributed by atoms with Gasteiger partial charge in [0.25, 0.3) is 5.91 Å². The number of hydrogen-bond donors (Lipinski definition) is 3. The SMILES string of the molecule is Cc1c(O)cccc1C(=O)NCC(=O)O. The minimum Gasteiger partial charge on any atom is -0.508 e. The summed E-state index contributed by atoms with van der Waals surface area (Å²) < 4.78 is 0. The highest BCUT2D eigenvalue weighted by Crippen LogP contribution is 2.19. The molecular formula is C10H11NO4. The predicted octanol–water partition coefficient (Wildman–Crippen LogP) is 0.515. The highest BCUT2D eigenvalue weighted by molar-refractivity contribution is 5.97. The van der Waals surface area contributed by atoms with E-state index in [1.54, 1.807) is 6.92 Å². The number of carbonyl (C=O) groups is 2. The van der Waals surface area contributed by atoms with Crippen LogP contribution in [0.2, 0.25) is 0 Å². The Balaban J connectivity index is 2.82. The van der Waals surface area contributed by atoms with Crippen molar-refractivity contribution in [2.75, 3.05) is 6.54 Å². The molecule has 0 saturated carbocycles. The Morgan fingerprint density at radius 1 is 1.40 bits per heavy atom. The molecule has 0 spiro atoms. The third kappa shape index (κ3) is 2.70. The van der Waals surface area contributed by atoms with Crippen LogP contribution in [-0.2, 0) is 4.79 Å². The number of hydrogen-bond acceptors (Lipinski definition) is 3. The van der Waals surface area contributed by atoms with Crippen LogP contribution in [0.1, 0.15) is 15.9 Å². The first-order valence-corrected chi connectivity index (χ1v) is 4.31. The van der Waals surface area contributed by atoms with Gasteiger partial charge < -0.3 is 15.5 Å². The van der Waals surface area contributed by atoms with Gasteiger partial charge in [0, 0.05) is 11.1 Å². The molecule has 0 heterocycles. The van der Waals surface area contributed by atoms with E-state index >= 15 is 0 Å². The van der Waals surface area contributed by atoms with E-state index in [-0.39, 0.29) is 11.3 Å². The van der Waals surface area contributed by atoms with Crippen LogP contribution in [0.5, 0.6) is 5.75 Å². The van der Waals surface area contributed by atoms with Gasteiger partial charge in [-0.25, -0.2) is 0 Å². The summed E-state index contributed by atoms with van der Waals surface area (Å²) in [6.45, 7) is 1.15. The number of phenolic OH excluding ortho intramolecular Hbond substituents is 1. The summed E-state index contributed by atoms with van der Waals surface area (Å²) in [6.07, 6.45) is 0. The maximum Gasteiger partial charge on any atom is 0.322 e. The molecule has 0 aromatic heterocycles. The summed E-state index contributed by atoms with van der Waals surface area (Å²) in [5, 5.41) is 19.9. The summed E-state index contributed by atoms with van der Waals surface area (Å²) >= 11 is 0. The van der Waals surface area contributed by atoms with Crippen molar-refractivity contribution >= 4 is 11.9 Å². The van der Waals surface area contributed by atoms with Crippen LogP contribution in [0.15, 0.2) is 18.2 Å². The van der Waals surface area contributed by atoms with Gasteiger partial charge in [-0.15, -0.1) is 0 Å². The van der Waals surface area contributed by atoms with Crippen LogP contribution in [0.25, 0.3) is 0 Å². The van der Waals surface area contributed by atoms with Crippen molar-refractivity contribution < 1.29 is 19.8 Å². The molecular weight excluding hydrogens is 198 g/mol. The van der Waals surface area contributed by atoms with Crippen molar-refractivity contribution in [3.8, 4) is 5.75 Å². The summed E-state index contributed by atoms with van der Waals surface area (Å²) in [7, 11) is 0. The van der Waals surface area contributed by atoms with Gasteiger partial charge in [0.05, 0.1) is 0 Å². The molecule has 0 saturated heterocycles. The number of carboxylic acid groups (broad SMARTS) is 1. The highest BCUT2D eigenvalue weighted by Gasteiger charge is 2.11. The lowest BCUT2D eigenvalue weighted by molar-refractivity contribution is -0.135. The van der Waals surface area contributed by atoms with E-state index < -0.39 is 18.4 Å². The van der Waals surface area contributed by atoms with Gasteiger partial charge in [-0.3, -0.25) is 9.59 Å². The van der Waals surface area contributed by atoms with Crippen molar-refractivity contribution in [3.63, 3.8) is 0 Å². The standard InChI is InChI=1S/C10H11NO4/c1-6-7(3-2-4-8(6)12)10(15)11-5-9(13)14/h2-4,12H,5H2,1H3,(H,11,15)(H,13,14). The van der Waals surface area contributed by atoms with E-state index in [2.05, 4.69) is 5.32 Å². The zero-order valence-electron chi connectivity index (χ0n) is 8.15. The quantitative estimate of drug-likeness (QED) is 0.677. The smallest absolute Gasteiger partial charge is 0.322 e. The summed E-state index contributed by atoms with van der Waals surface area (Å²) in [5.41, 5.74) is 0.705. The number of phenols is 1. The topological polar surface area (TPSA) is 86.6 Å². The van der Waals surface area contributed by atoms with E-state index in [9.17, 15) is 14.7 Å². The largest absolute Gasteiger partial charge is 0.508 e. The Kier molecular flexibility index (Phi) is 3.28. The lowest BCUT2D eigenvalue weighted by Gasteiger charge is -2.06. The highest BCUT2D eigenvalue weighted by atomic mass is 16.4. The monoisotopic (exact) mass is 209 g/mol. The van der Waals surface area contributed by atoms with Crippen molar-refractivity contribution in [1.29, 1.82) is 0 Å². The van der Waals surface area contributed by atoms with E-state index in [4.69, 9.17) is 5.11 Å². The molecule has 1 aromatic rings. The van der Waals surface area contributed by atoms with E-state index in [0.29, 0.717) is 5.56 Å². The van der Waals surface area contributed by atoms with Gasteiger partial charge in [-0.1, -0.05) is 6.07 Å². The maximum atomic E-state index is 11.4. The summed E-state index contributed by atoms with van der Waals surface area (Å²) in [4.78, 5) is 21.7. The normalized spacial score (nSPS) is 9.67. The Bertz CT molecular complexity index is 400. The van der Waals surface area contributed by atoms with Crippen LogP contribution in [0.3, 0.4) is 0 Å². The number of aliphatic carboxylic acids is 1. The fourth-order valence-electron chi connectivity index (χ4n) is 1.12. The van der Waals surface area contributed by atoms with Gasteiger partial charge in [0.15, 0.2) is 0 Å². The molecule has 0 aliphatic carbocycles. The second kappa shape index (κ2) is 4.45. The molecule has 0 radical (unpaired) electrons. The van der Waals surface area contributed by atoms with E-state index in [0.717, 1.165) is 0 Å². The number of rotatable bonds is 3. The van der Waals surface area contributed by atoms with Crippen LogP contribution in [0.4, 0.5) is 0 Å².